The summed E-state index contributed by atoms with van der Waals surface area (Å²) in [5, 5.41) is -0.372. The molecule has 1 aliphatic rings. The first-order chi connectivity index (χ1) is 12.5. The van der Waals surface area contributed by atoms with Gasteiger partial charge >= 0.3 is 5.97 Å². The van der Waals surface area contributed by atoms with Crippen LogP contribution in [0.5, 0.6) is 5.75 Å². The maximum atomic E-state index is 13.4. The topological polar surface area (TPSA) is 69.0 Å². The summed E-state index contributed by atoms with van der Waals surface area (Å²) < 4.78 is 29.3. The number of nitrogens with zero attached hydrogens (tertiary/aromatic N) is 1. The Morgan fingerprint density at radius 2 is 2.19 bits per heavy atom. The number of ether oxygens (including phenoxy) is 2. The van der Waals surface area contributed by atoms with Crippen molar-refractivity contribution in [3.8, 4) is 5.75 Å². The van der Waals surface area contributed by atoms with E-state index in [4.69, 9.17) is 13.9 Å². The highest BCUT2D eigenvalue weighted by molar-refractivity contribution is 7.99. The van der Waals surface area contributed by atoms with Crippen molar-refractivity contribution in [1.82, 2.24) is 4.90 Å². The molecule has 138 valence electrons. The van der Waals surface area contributed by atoms with Crippen molar-refractivity contribution < 1.29 is 27.9 Å². The second-order valence-electron chi connectivity index (χ2n) is 5.71. The molecule has 8 heteroatoms. The van der Waals surface area contributed by atoms with Crippen LogP contribution < -0.4 is 4.74 Å². The van der Waals surface area contributed by atoms with Crippen LogP contribution in [-0.2, 0) is 20.9 Å². The molecule has 26 heavy (non-hydrogen) atoms. The molecular weight excluding hydrogens is 361 g/mol. The van der Waals surface area contributed by atoms with Gasteiger partial charge in [-0.3, -0.25) is 4.79 Å². The average molecular weight is 379 g/mol. The quantitative estimate of drug-likeness (QED) is 0.744. The Bertz CT molecular complexity index is 795. The number of hydrogen-bond acceptors (Lipinski definition) is 6. The van der Waals surface area contributed by atoms with Crippen LogP contribution in [0.1, 0.15) is 23.6 Å². The van der Waals surface area contributed by atoms with Gasteiger partial charge in [-0.25, -0.2) is 9.18 Å². The Morgan fingerprint density at radius 3 is 2.85 bits per heavy atom. The highest BCUT2D eigenvalue weighted by atomic mass is 32.2. The SMILES string of the molecule is COc1ccc(F)cc1COC(=O)[C@@H]1CS[C@H](c2ccco2)N1C(C)=O. The number of rotatable bonds is 5. The smallest absolute Gasteiger partial charge is 0.330 e. The first kappa shape index (κ1) is 18.3. The summed E-state index contributed by atoms with van der Waals surface area (Å²) in [5.74, 6) is 0.180. The fourth-order valence-corrected chi connectivity index (χ4v) is 4.24. The van der Waals surface area contributed by atoms with Gasteiger partial charge in [-0.1, -0.05) is 0 Å². The molecule has 0 spiro atoms. The number of hydrogen-bond donors (Lipinski definition) is 0. The summed E-state index contributed by atoms with van der Waals surface area (Å²) in [5.41, 5.74) is 0.420. The number of carbonyl (C=O) groups excluding carboxylic acids is 2. The predicted octanol–water partition coefficient (Wildman–Crippen LogP) is 3.13. The Morgan fingerprint density at radius 1 is 1.38 bits per heavy atom. The van der Waals surface area contributed by atoms with Crippen LogP contribution >= 0.6 is 11.8 Å². The minimum absolute atomic E-state index is 0.141. The van der Waals surface area contributed by atoms with Gasteiger partial charge in [-0.2, -0.15) is 0 Å². The third kappa shape index (κ3) is 3.70. The first-order valence-corrected chi connectivity index (χ1v) is 8.99. The molecule has 1 saturated heterocycles. The highest BCUT2D eigenvalue weighted by Gasteiger charge is 2.43. The van der Waals surface area contributed by atoms with E-state index < -0.39 is 17.8 Å². The number of amides is 1. The van der Waals surface area contributed by atoms with Gasteiger partial charge in [0.05, 0.1) is 13.4 Å². The fraction of sp³-hybridized carbons (Fsp3) is 0.333. The standard InChI is InChI=1S/C18H18FNO5S/c1-11(21)20-14(10-26-17(20)16-4-3-7-24-16)18(22)25-9-12-8-13(19)5-6-15(12)23-2/h3-8,14,17H,9-10H2,1-2H3/t14-,17+/m0/s1. The molecule has 1 amide bonds. The fourth-order valence-electron chi connectivity index (χ4n) is 2.83. The lowest BCUT2D eigenvalue weighted by atomic mass is 10.2. The lowest BCUT2D eigenvalue weighted by Crippen LogP contribution is -2.42. The monoisotopic (exact) mass is 379 g/mol. The Hall–Kier alpha value is -2.48. The molecule has 0 radical (unpaired) electrons. The third-order valence-corrected chi connectivity index (χ3v) is 5.32. The molecular formula is C18H18FNO5S. The number of carbonyl (C=O) groups is 2. The highest BCUT2D eigenvalue weighted by Crippen LogP contribution is 2.41. The molecule has 1 aromatic carbocycles. The second kappa shape index (κ2) is 7.82. The lowest BCUT2D eigenvalue weighted by molar-refractivity contribution is -0.154. The van der Waals surface area contributed by atoms with Gasteiger partial charge < -0.3 is 18.8 Å². The molecule has 2 aromatic rings. The second-order valence-corrected chi connectivity index (χ2v) is 6.82. The van der Waals surface area contributed by atoms with Crippen molar-refractivity contribution >= 4 is 23.6 Å². The number of benzene rings is 1. The normalized spacial score (nSPS) is 19.4. The van der Waals surface area contributed by atoms with E-state index in [1.807, 2.05) is 0 Å². The molecule has 0 N–H and O–H groups in total. The minimum atomic E-state index is -0.729. The summed E-state index contributed by atoms with van der Waals surface area (Å²) >= 11 is 1.43. The van der Waals surface area contributed by atoms with E-state index in [1.54, 1.807) is 12.1 Å². The summed E-state index contributed by atoms with van der Waals surface area (Å²) in [6.07, 6.45) is 1.52. The molecule has 1 fully saturated rings. The zero-order chi connectivity index (χ0) is 18.7. The minimum Gasteiger partial charge on any atom is -0.496 e. The zero-order valence-corrected chi connectivity index (χ0v) is 15.1. The maximum Gasteiger partial charge on any atom is 0.330 e. The van der Waals surface area contributed by atoms with Gasteiger partial charge in [0.15, 0.2) is 0 Å². The summed E-state index contributed by atoms with van der Waals surface area (Å²) in [7, 11) is 1.46. The van der Waals surface area contributed by atoms with Crippen LogP contribution in [0.4, 0.5) is 4.39 Å². The third-order valence-electron chi connectivity index (χ3n) is 4.04. The van der Waals surface area contributed by atoms with Gasteiger partial charge in [0.1, 0.15) is 35.3 Å². The van der Waals surface area contributed by atoms with E-state index in [0.717, 1.165) is 0 Å². The molecule has 1 aliphatic heterocycles. The van der Waals surface area contributed by atoms with Crippen LogP contribution in [0.15, 0.2) is 41.0 Å². The Kier molecular flexibility index (Phi) is 5.51. The van der Waals surface area contributed by atoms with E-state index in [2.05, 4.69) is 0 Å². The molecule has 2 heterocycles. The van der Waals surface area contributed by atoms with E-state index in [1.165, 1.54) is 55.2 Å². The summed E-state index contributed by atoms with van der Waals surface area (Å²) in [4.78, 5) is 26.1. The number of esters is 1. The van der Waals surface area contributed by atoms with Gasteiger partial charge in [-0.15, -0.1) is 11.8 Å². The number of methoxy groups -OCH3 is 1. The van der Waals surface area contributed by atoms with Crippen molar-refractivity contribution in [3.63, 3.8) is 0 Å². The number of halogens is 1. The molecule has 0 bridgehead atoms. The average Bonchev–Trinajstić information content (AvgIpc) is 3.28. The van der Waals surface area contributed by atoms with Crippen LogP contribution in [0.2, 0.25) is 0 Å². The van der Waals surface area contributed by atoms with Crippen LogP contribution in [-0.4, -0.2) is 35.7 Å². The summed E-state index contributed by atoms with van der Waals surface area (Å²) in [6.45, 7) is 1.26. The number of thioether (sulfide) groups is 1. The summed E-state index contributed by atoms with van der Waals surface area (Å²) in [6, 6.07) is 6.76. The van der Waals surface area contributed by atoms with Crippen molar-refractivity contribution in [3.05, 3.63) is 53.7 Å². The van der Waals surface area contributed by atoms with Crippen LogP contribution in [0.3, 0.4) is 0 Å². The van der Waals surface area contributed by atoms with Crippen molar-refractivity contribution in [2.45, 2.75) is 24.9 Å². The van der Waals surface area contributed by atoms with Gasteiger partial charge in [0.25, 0.3) is 0 Å². The van der Waals surface area contributed by atoms with E-state index in [9.17, 15) is 14.0 Å². The first-order valence-electron chi connectivity index (χ1n) is 7.94. The number of furan rings is 1. The predicted molar refractivity (Wildman–Crippen MR) is 93.0 cm³/mol. The van der Waals surface area contributed by atoms with Gasteiger partial charge in [0.2, 0.25) is 5.91 Å². The zero-order valence-electron chi connectivity index (χ0n) is 14.3. The van der Waals surface area contributed by atoms with Crippen LogP contribution in [0.25, 0.3) is 0 Å². The molecule has 3 rings (SSSR count). The van der Waals surface area contributed by atoms with E-state index in [-0.39, 0.29) is 17.9 Å². The maximum absolute atomic E-state index is 13.4. The molecule has 0 unspecified atom stereocenters. The van der Waals surface area contributed by atoms with Crippen molar-refractivity contribution in [2.24, 2.45) is 0 Å². The molecule has 1 aromatic heterocycles. The lowest BCUT2D eigenvalue weighted by Gasteiger charge is -2.25. The largest absolute Gasteiger partial charge is 0.496 e. The molecule has 0 aliphatic carbocycles. The van der Waals surface area contributed by atoms with Gasteiger partial charge in [-0.05, 0) is 30.3 Å². The van der Waals surface area contributed by atoms with Crippen molar-refractivity contribution in [1.29, 1.82) is 0 Å². The Balaban J connectivity index is 1.71. The van der Waals surface area contributed by atoms with E-state index >= 15 is 0 Å². The van der Waals surface area contributed by atoms with Gasteiger partial charge in [0, 0.05) is 18.2 Å². The van der Waals surface area contributed by atoms with E-state index in [0.29, 0.717) is 22.8 Å². The van der Waals surface area contributed by atoms with Crippen LogP contribution in [0, 0.1) is 5.82 Å². The molecule has 2 atom stereocenters. The van der Waals surface area contributed by atoms with Crippen molar-refractivity contribution in [2.75, 3.05) is 12.9 Å². The molecule has 0 saturated carbocycles. The molecule has 6 nitrogen and oxygen atoms in total. The Labute approximate surface area is 154 Å².